The van der Waals surface area contributed by atoms with Crippen LogP contribution in [0.4, 0.5) is 0 Å². The van der Waals surface area contributed by atoms with Gasteiger partial charge in [-0.25, -0.2) is 0 Å². The Morgan fingerprint density at radius 3 is 2.52 bits per heavy atom. The summed E-state index contributed by atoms with van der Waals surface area (Å²) in [6.45, 7) is 4.72. The second-order valence-corrected chi connectivity index (χ2v) is 6.96. The van der Waals surface area contributed by atoms with Crippen molar-refractivity contribution in [1.29, 1.82) is 0 Å². The number of nitrogens with zero attached hydrogens (tertiary/aromatic N) is 1. The summed E-state index contributed by atoms with van der Waals surface area (Å²) < 4.78 is 6.74. The van der Waals surface area contributed by atoms with E-state index in [-0.39, 0.29) is 22.5 Å². The van der Waals surface area contributed by atoms with E-state index in [4.69, 9.17) is 27.9 Å². The van der Waals surface area contributed by atoms with Crippen LogP contribution in [-0.2, 0) is 16.1 Å². The van der Waals surface area contributed by atoms with Crippen molar-refractivity contribution in [2.45, 2.75) is 52.5 Å². The van der Waals surface area contributed by atoms with Crippen LogP contribution in [0.3, 0.4) is 0 Å². The highest BCUT2D eigenvalue weighted by Crippen LogP contribution is 2.32. The molecule has 128 valence electrons. The molecule has 0 aliphatic heterocycles. The van der Waals surface area contributed by atoms with Crippen molar-refractivity contribution in [3.05, 3.63) is 32.2 Å². The molecule has 0 spiro atoms. The predicted octanol–water partition coefficient (Wildman–Crippen LogP) is 4.22. The van der Waals surface area contributed by atoms with Crippen LogP contribution < -0.4 is 5.56 Å². The number of hydrogen-bond acceptors (Lipinski definition) is 3. The monoisotopic (exact) mass is 359 g/mol. The van der Waals surface area contributed by atoms with Crippen molar-refractivity contribution in [2.75, 3.05) is 6.61 Å². The molecule has 0 saturated heterocycles. The van der Waals surface area contributed by atoms with Crippen molar-refractivity contribution in [1.82, 2.24) is 4.57 Å². The van der Waals surface area contributed by atoms with Crippen LogP contribution in [-0.4, -0.2) is 17.1 Å². The molecule has 4 nitrogen and oxygen atoms in total. The molecule has 1 fully saturated rings. The fraction of sp³-hybridized carbons (Fsp3) is 0.647. The Bertz CT molecular complexity index is 619. The average Bonchev–Trinajstić information content (AvgIpc) is 2.54. The molecule has 0 amide bonds. The maximum Gasteiger partial charge on any atom is 0.308 e. The highest BCUT2D eigenvalue weighted by molar-refractivity contribution is 6.34. The number of ether oxygens (including phenoxy) is 1. The fourth-order valence-corrected chi connectivity index (χ4v) is 3.69. The van der Waals surface area contributed by atoms with Gasteiger partial charge in [0.2, 0.25) is 0 Å². The van der Waals surface area contributed by atoms with Gasteiger partial charge in [-0.15, -0.1) is 0 Å². The lowest BCUT2D eigenvalue weighted by Gasteiger charge is -2.27. The molecule has 6 heteroatoms. The molecule has 1 aliphatic rings. The maximum absolute atomic E-state index is 12.1. The van der Waals surface area contributed by atoms with E-state index in [0.717, 1.165) is 37.8 Å². The minimum absolute atomic E-state index is 0.0382. The first-order valence-corrected chi connectivity index (χ1v) is 8.91. The molecule has 1 saturated carbocycles. The molecule has 0 atom stereocenters. The Balaban J connectivity index is 1.92. The highest BCUT2D eigenvalue weighted by atomic mass is 35.5. The van der Waals surface area contributed by atoms with Gasteiger partial charge in [-0.3, -0.25) is 9.59 Å². The van der Waals surface area contributed by atoms with E-state index in [2.05, 4.69) is 0 Å². The van der Waals surface area contributed by atoms with Gasteiger partial charge in [-0.2, -0.15) is 0 Å². The molecule has 2 rings (SSSR count). The summed E-state index contributed by atoms with van der Waals surface area (Å²) in [5.74, 6) is 0.487. The standard InChI is InChI=1S/C17H23Cl2NO3/c1-3-23-17(22)13-6-4-12(5-7-13)8-9-20-11(2)14(18)10-15(19)16(20)21/h10,12-13H,3-9H2,1-2H3. The highest BCUT2D eigenvalue weighted by Gasteiger charge is 2.27. The molecule has 0 bridgehead atoms. The van der Waals surface area contributed by atoms with Crippen molar-refractivity contribution in [3.63, 3.8) is 0 Å². The second kappa shape index (κ2) is 8.20. The smallest absolute Gasteiger partial charge is 0.308 e. The Labute approximate surface area is 146 Å². The van der Waals surface area contributed by atoms with Gasteiger partial charge in [-0.1, -0.05) is 23.2 Å². The Hall–Kier alpha value is -1.00. The quantitative estimate of drug-likeness (QED) is 0.739. The number of pyridine rings is 1. The third-order valence-electron chi connectivity index (χ3n) is 4.68. The van der Waals surface area contributed by atoms with E-state index < -0.39 is 0 Å². The minimum Gasteiger partial charge on any atom is -0.466 e. The lowest BCUT2D eigenvalue weighted by atomic mass is 9.80. The maximum atomic E-state index is 12.1. The van der Waals surface area contributed by atoms with Crippen LogP contribution >= 0.6 is 23.2 Å². The molecular weight excluding hydrogens is 337 g/mol. The van der Waals surface area contributed by atoms with Gasteiger partial charge < -0.3 is 9.30 Å². The zero-order valence-electron chi connectivity index (χ0n) is 13.6. The summed E-state index contributed by atoms with van der Waals surface area (Å²) in [5.41, 5.74) is 0.565. The van der Waals surface area contributed by atoms with Crippen molar-refractivity contribution in [3.8, 4) is 0 Å². The van der Waals surface area contributed by atoms with Crippen LogP contribution in [0.1, 0.15) is 44.7 Å². The summed E-state index contributed by atoms with van der Waals surface area (Å²) >= 11 is 12.0. The third-order valence-corrected chi connectivity index (χ3v) is 5.33. The Kier molecular flexibility index (Phi) is 6.54. The number of aromatic nitrogens is 1. The molecule has 23 heavy (non-hydrogen) atoms. The van der Waals surface area contributed by atoms with Gasteiger partial charge in [0, 0.05) is 12.2 Å². The number of halogens is 2. The molecule has 0 unspecified atom stereocenters. The minimum atomic E-state index is -0.186. The molecule has 1 heterocycles. The summed E-state index contributed by atoms with van der Waals surface area (Å²) in [7, 11) is 0. The molecule has 1 aliphatic carbocycles. The van der Waals surface area contributed by atoms with E-state index in [0.29, 0.717) is 24.1 Å². The summed E-state index contributed by atoms with van der Waals surface area (Å²) in [5, 5.41) is 0.673. The number of carbonyl (C=O) groups excluding carboxylic acids is 1. The zero-order chi connectivity index (χ0) is 17.0. The predicted molar refractivity (Wildman–Crippen MR) is 92.2 cm³/mol. The second-order valence-electron chi connectivity index (χ2n) is 6.14. The van der Waals surface area contributed by atoms with E-state index in [9.17, 15) is 9.59 Å². The topological polar surface area (TPSA) is 48.3 Å². The van der Waals surface area contributed by atoms with Crippen molar-refractivity contribution in [2.24, 2.45) is 11.8 Å². The molecule has 1 aromatic rings. The third kappa shape index (κ3) is 4.51. The number of rotatable bonds is 5. The fourth-order valence-electron chi connectivity index (χ4n) is 3.22. The normalized spacial score (nSPS) is 21.2. The molecular formula is C17H23Cl2NO3. The van der Waals surface area contributed by atoms with E-state index in [1.807, 2.05) is 13.8 Å². The lowest BCUT2D eigenvalue weighted by Crippen LogP contribution is -2.27. The van der Waals surface area contributed by atoms with E-state index in [1.165, 1.54) is 6.07 Å². The van der Waals surface area contributed by atoms with Crippen LogP contribution in [0.15, 0.2) is 10.9 Å². The summed E-state index contributed by atoms with van der Waals surface area (Å²) in [6, 6.07) is 1.50. The summed E-state index contributed by atoms with van der Waals surface area (Å²) in [4.78, 5) is 23.9. The van der Waals surface area contributed by atoms with Gasteiger partial charge in [0.1, 0.15) is 5.02 Å². The SMILES string of the molecule is CCOC(=O)C1CCC(CCn2c(C)c(Cl)cc(Cl)c2=O)CC1. The number of carbonyl (C=O) groups is 1. The van der Waals surface area contributed by atoms with Crippen LogP contribution in [0, 0.1) is 18.8 Å². The average molecular weight is 360 g/mol. The van der Waals surface area contributed by atoms with E-state index in [1.54, 1.807) is 4.57 Å². The Morgan fingerprint density at radius 2 is 1.91 bits per heavy atom. The number of hydrogen-bond donors (Lipinski definition) is 0. The molecule has 0 radical (unpaired) electrons. The largest absolute Gasteiger partial charge is 0.466 e. The first-order valence-electron chi connectivity index (χ1n) is 8.16. The molecule has 0 N–H and O–H groups in total. The van der Waals surface area contributed by atoms with Crippen molar-refractivity contribution >= 4 is 29.2 Å². The van der Waals surface area contributed by atoms with Gasteiger partial charge in [0.15, 0.2) is 0 Å². The van der Waals surface area contributed by atoms with Gasteiger partial charge in [-0.05, 0) is 57.9 Å². The summed E-state index contributed by atoms with van der Waals surface area (Å²) in [6.07, 6.45) is 4.62. The Morgan fingerprint density at radius 1 is 1.26 bits per heavy atom. The van der Waals surface area contributed by atoms with Crippen molar-refractivity contribution < 1.29 is 9.53 Å². The van der Waals surface area contributed by atoms with Crippen LogP contribution in [0.5, 0.6) is 0 Å². The molecule has 0 aromatic carbocycles. The van der Waals surface area contributed by atoms with Crippen LogP contribution in [0.25, 0.3) is 0 Å². The first-order chi connectivity index (χ1) is 10.9. The van der Waals surface area contributed by atoms with E-state index >= 15 is 0 Å². The first kappa shape index (κ1) is 18.3. The van der Waals surface area contributed by atoms with Gasteiger partial charge >= 0.3 is 5.97 Å². The van der Waals surface area contributed by atoms with Gasteiger partial charge in [0.05, 0.1) is 17.5 Å². The molecule has 1 aromatic heterocycles. The lowest BCUT2D eigenvalue weighted by molar-refractivity contribution is -0.149. The van der Waals surface area contributed by atoms with Crippen LogP contribution in [0.2, 0.25) is 10.0 Å². The zero-order valence-corrected chi connectivity index (χ0v) is 15.1. The number of esters is 1. The van der Waals surface area contributed by atoms with Gasteiger partial charge in [0.25, 0.3) is 5.56 Å².